The molecule has 0 saturated carbocycles. The van der Waals surface area contributed by atoms with Gasteiger partial charge in [0, 0.05) is 26.2 Å². The van der Waals surface area contributed by atoms with Gasteiger partial charge in [0.25, 0.3) is 0 Å². The van der Waals surface area contributed by atoms with Crippen LogP contribution in [0.4, 0.5) is 0 Å². The van der Waals surface area contributed by atoms with Gasteiger partial charge >= 0.3 is 0 Å². The zero-order valence-electron chi connectivity index (χ0n) is 14.3. The largest absolute Gasteiger partial charge is 0.508 e. The predicted octanol–water partition coefficient (Wildman–Crippen LogP) is 4.05. The molecule has 3 nitrogen and oxygen atoms in total. The molecule has 3 N–H and O–H groups in total. The highest BCUT2D eigenvalue weighted by Crippen LogP contribution is 2.17. The highest BCUT2D eigenvalue weighted by atomic mass is 16.3. The Bertz CT molecular complexity index is 785. The number of nitrogens with zero attached hydrogens (tertiary/aromatic N) is 1. The highest BCUT2D eigenvalue weighted by molar-refractivity contribution is 5.27. The molecule has 0 aliphatic heterocycles. The second-order valence-electron chi connectivity index (χ2n) is 6.32. The maximum atomic E-state index is 9.49. The molecule has 0 radical (unpaired) electrons. The first-order chi connectivity index (χ1) is 12.2. The van der Waals surface area contributed by atoms with Crippen LogP contribution in [0, 0.1) is 0 Å². The van der Waals surface area contributed by atoms with Gasteiger partial charge < -0.3 is 10.8 Å². The molecule has 0 atom stereocenters. The standard InChI is InChI=1S/C22H24N2O/c23-14-20-7-4-8-21(13-20)17-24(15-18-5-2-1-3-6-18)16-19-9-11-22(25)12-10-19/h1-13,25H,14-17,23H2. The van der Waals surface area contributed by atoms with Crippen LogP contribution in [-0.2, 0) is 26.2 Å². The third-order valence-electron chi connectivity index (χ3n) is 4.22. The van der Waals surface area contributed by atoms with Gasteiger partial charge in [-0.15, -0.1) is 0 Å². The van der Waals surface area contributed by atoms with Crippen molar-refractivity contribution in [2.45, 2.75) is 26.2 Å². The van der Waals surface area contributed by atoms with Crippen molar-refractivity contribution in [3.63, 3.8) is 0 Å². The van der Waals surface area contributed by atoms with E-state index >= 15 is 0 Å². The van der Waals surface area contributed by atoms with Crippen LogP contribution in [0.2, 0.25) is 0 Å². The normalized spacial score (nSPS) is 11.0. The maximum Gasteiger partial charge on any atom is 0.115 e. The Balaban J connectivity index is 1.78. The summed E-state index contributed by atoms with van der Waals surface area (Å²) in [5.74, 6) is 0.300. The van der Waals surface area contributed by atoms with E-state index in [-0.39, 0.29) is 0 Å². The number of rotatable bonds is 7. The van der Waals surface area contributed by atoms with Crippen molar-refractivity contribution >= 4 is 0 Å². The summed E-state index contributed by atoms with van der Waals surface area (Å²) in [5.41, 5.74) is 10.7. The third-order valence-corrected chi connectivity index (χ3v) is 4.22. The zero-order valence-corrected chi connectivity index (χ0v) is 14.3. The monoisotopic (exact) mass is 332 g/mol. The predicted molar refractivity (Wildman–Crippen MR) is 102 cm³/mol. The van der Waals surface area contributed by atoms with Gasteiger partial charge in [-0.05, 0) is 34.4 Å². The molecule has 0 aliphatic rings. The van der Waals surface area contributed by atoms with E-state index < -0.39 is 0 Å². The first-order valence-corrected chi connectivity index (χ1v) is 8.55. The molecule has 128 valence electrons. The molecule has 0 fully saturated rings. The van der Waals surface area contributed by atoms with Crippen LogP contribution < -0.4 is 5.73 Å². The number of hydrogen-bond donors (Lipinski definition) is 2. The van der Waals surface area contributed by atoms with E-state index in [2.05, 4.69) is 53.4 Å². The molecule has 0 spiro atoms. The average Bonchev–Trinajstić information content (AvgIpc) is 2.64. The Labute approximate surface area is 149 Å². The molecule has 0 unspecified atom stereocenters. The minimum atomic E-state index is 0.300. The molecular weight excluding hydrogens is 308 g/mol. The Hall–Kier alpha value is -2.62. The lowest BCUT2D eigenvalue weighted by Gasteiger charge is -2.23. The SMILES string of the molecule is NCc1cccc(CN(Cc2ccccc2)Cc2ccc(O)cc2)c1. The maximum absolute atomic E-state index is 9.49. The van der Waals surface area contributed by atoms with Crippen LogP contribution >= 0.6 is 0 Å². The van der Waals surface area contributed by atoms with Crippen LogP contribution in [0.1, 0.15) is 22.3 Å². The fourth-order valence-electron chi connectivity index (χ4n) is 2.98. The van der Waals surface area contributed by atoms with E-state index in [1.165, 1.54) is 16.7 Å². The van der Waals surface area contributed by atoms with Gasteiger partial charge in [0.15, 0.2) is 0 Å². The number of hydrogen-bond acceptors (Lipinski definition) is 3. The fraction of sp³-hybridized carbons (Fsp3) is 0.182. The van der Waals surface area contributed by atoms with Crippen molar-refractivity contribution in [3.8, 4) is 5.75 Å². The number of aromatic hydroxyl groups is 1. The summed E-state index contributed by atoms with van der Waals surface area (Å²) < 4.78 is 0. The first kappa shape index (κ1) is 17.2. The van der Waals surface area contributed by atoms with Crippen LogP contribution in [0.5, 0.6) is 5.75 Å². The number of nitrogens with two attached hydrogens (primary N) is 1. The van der Waals surface area contributed by atoms with Gasteiger partial charge in [-0.1, -0.05) is 66.7 Å². The summed E-state index contributed by atoms with van der Waals surface area (Å²) in [5, 5.41) is 9.49. The van der Waals surface area contributed by atoms with Gasteiger partial charge in [-0.3, -0.25) is 4.90 Å². The first-order valence-electron chi connectivity index (χ1n) is 8.55. The minimum Gasteiger partial charge on any atom is -0.508 e. The summed E-state index contributed by atoms with van der Waals surface area (Å²) in [6.07, 6.45) is 0. The van der Waals surface area contributed by atoms with Gasteiger partial charge in [-0.2, -0.15) is 0 Å². The highest BCUT2D eigenvalue weighted by Gasteiger charge is 2.09. The number of phenols is 1. The number of benzene rings is 3. The van der Waals surface area contributed by atoms with E-state index in [9.17, 15) is 5.11 Å². The van der Waals surface area contributed by atoms with Crippen molar-refractivity contribution < 1.29 is 5.11 Å². The lowest BCUT2D eigenvalue weighted by Crippen LogP contribution is -2.22. The molecule has 3 rings (SSSR count). The number of phenolic OH excluding ortho intramolecular Hbond substituents is 1. The fourth-order valence-corrected chi connectivity index (χ4v) is 2.98. The Morgan fingerprint density at radius 1 is 0.640 bits per heavy atom. The van der Waals surface area contributed by atoms with Crippen LogP contribution in [0.25, 0.3) is 0 Å². The van der Waals surface area contributed by atoms with Crippen LogP contribution in [0.3, 0.4) is 0 Å². The van der Waals surface area contributed by atoms with Gasteiger partial charge in [-0.25, -0.2) is 0 Å². The van der Waals surface area contributed by atoms with Crippen molar-refractivity contribution in [2.75, 3.05) is 0 Å². The Kier molecular flexibility index (Phi) is 5.83. The molecule has 3 aromatic carbocycles. The van der Waals surface area contributed by atoms with Crippen LogP contribution in [0.15, 0.2) is 78.9 Å². The molecule has 3 aromatic rings. The quantitative estimate of drug-likeness (QED) is 0.686. The summed E-state index contributed by atoms with van der Waals surface area (Å²) in [7, 11) is 0. The summed E-state index contributed by atoms with van der Waals surface area (Å²) in [6, 6.07) is 26.4. The smallest absolute Gasteiger partial charge is 0.115 e. The second kappa shape index (κ2) is 8.47. The lowest BCUT2D eigenvalue weighted by molar-refractivity contribution is 0.247. The Morgan fingerprint density at radius 3 is 1.88 bits per heavy atom. The third kappa shape index (κ3) is 5.18. The van der Waals surface area contributed by atoms with Crippen molar-refractivity contribution in [3.05, 3.63) is 101 Å². The van der Waals surface area contributed by atoms with Gasteiger partial charge in [0.2, 0.25) is 0 Å². The van der Waals surface area contributed by atoms with E-state index in [4.69, 9.17) is 5.73 Å². The van der Waals surface area contributed by atoms with E-state index in [0.717, 1.165) is 25.2 Å². The second-order valence-corrected chi connectivity index (χ2v) is 6.32. The molecule has 3 heteroatoms. The minimum absolute atomic E-state index is 0.300. The van der Waals surface area contributed by atoms with Crippen molar-refractivity contribution in [1.82, 2.24) is 4.90 Å². The van der Waals surface area contributed by atoms with Gasteiger partial charge in [0.05, 0.1) is 0 Å². The molecular formula is C22H24N2O. The molecule has 0 aliphatic carbocycles. The molecule has 25 heavy (non-hydrogen) atoms. The summed E-state index contributed by atoms with van der Waals surface area (Å²) >= 11 is 0. The Morgan fingerprint density at radius 2 is 1.20 bits per heavy atom. The van der Waals surface area contributed by atoms with E-state index in [0.29, 0.717) is 12.3 Å². The summed E-state index contributed by atoms with van der Waals surface area (Å²) in [6.45, 7) is 3.10. The van der Waals surface area contributed by atoms with Crippen molar-refractivity contribution in [1.29, 1.82) is 0 Å². The zero-order chi connectivity index (χ0) is 17.5. The molecule has 0 heterocycles. The van der Waals surface area contributed by atoms with E-state index in [1.54, 1.807) is 12.1 Å². The lowest BCUT2D eigenvalue weighted by atomic mass is 10.1. The van der Waals surface area contributed by atoms with Crippen LogP contribution in [-0.4, -0.2) is 10.0 Å². The topological polar surface area (TPSA) is 49.5 Å². The van der Waals surface area contributed by atoms with Crippen molar-refractivity contribution in [2.24, 2.45) is 5.73 Å². The summed E-state index contributed by atoms with van der Waals surface area (Å²) in [4.78, 5) is 2.40. The molecule has 0 bridgehead atoms. The van der Waals surface area contributed by atoms with Gasteiger partial charge in [0.1, 0.15) is 5.75 Å². The molecule has 0 amide bonds. The van der Waals surface area contributed by atoms with E-state index in [1.807, 2.05) is 18.2 Å². The average molecular weight is 332 g/mol. The molecule has 0 aromatic heterocycles. The molecule has 0 saturated heterocycles.